The Morgan fingerprint density at radius 3 is 3.00 bits per heavy atom. The molecule has 0 aromatic heterocycles. The van der Waals surface area contributed by atoms with Crippen molar-refractivity contribution in [3.63, 3.8) is 0 Å². The summed E-state index contributed by atoms with van der Waals surface area (Å²) in [7, 11) is 1.90. The molecule has 5 heteroatoms. The van der Waals surface area contributed by atoms with E-state index in [0.717, 1.165) is 23.2 Å². The molecule has 0 radical (unpaired) electrons. The van der Waals surface area contributed by atoms with Gasteiger partial charge in [0.05, 0.1) is 12.6 Å². The Labute approximate surface area is 116 Å². The molecule has 0 bridgehead atoms. The van der Waals surface area contributed by atoms with Gasteiger partial charge >= 0.3 is 0 Å². The van der Waals surface area contributed by atoms with E-state index in [1.54, 1.807) is 0 Å². The summed E-state index contributed by atoms with van der Waals surface area (Å²) in [6.45, 7) is 4.13. The second-order valence-corrected chi connectivity index (χ2v) is 5.55. The van der Waals surface area contributed by atoms with E-state index in [0.29, 0.717) is 6.54 Å². The number of carbonyl (C=O) groups is 1. The molecule has 2 N–H and O–H groups in total. The Balaban J connectivity index is 2.18. The number of amides is 1. The van der Waals surface area contributed by atoms with Crippen molar-refractivity contribution < 1.29 is 4.79 Å². The molecule has 1 saturated heterocycles. The van der Waals surface area contributed by atoms with Crippen LogP contribution in [0, 0.1) is 6.92 Å². The van der Waals surface area contributed by atoms with Gasteiger partial charge in [0.25, 0.3) is 0 Å². The highest BCUT2D eigenvalue weighted by Gasteiger charge is 2.24. The molecular weight excluding hydrogens is 294 g/mol. The first kappa shape index (κ1) is 13.4. The molecule has 1 unspecified atom stereocenters. The topological polar surface area (TPSA) is 44.4 Å². The Kier molecular flexibility index (Phi) is 4.24. The maximum Gasteiger partial charge on any atom is 0.239 e. The van der Waals surface area contributed by atoms with E-state index >= 15 is 0 Å². The molecule has 1 aromatic carbocycles. The largest absolute Gasteiger partial charge is 0.360 e. The summed E-state index contributed by atoms with van der Waals surface area (Å²) in [4.78, 5) is 13.9. The van der Waals surface area contributed by atoms with Gasteiger partial charge in [-0.05, 0) is 37.7 Å². The number of nitrogens with zero attached hydrogens (tertiary/aromatic N) is 1. The molecule has 18 heavy (non-hydrogen) atoms. The van der Waals surface area contributed by atoms with Gasteiger partial charge in [-0.3, -0.25) is 4.79 Å². The highest BCUT2D eigenvalue weighted by molar-refractivity contribution is 9.10. The lowest BCUT2D eigenvalue weighted by Crippen LogP contribution is -2.57. The molecule has 4 nitrogen and oxygen atoms in total. The van der Waals surface area contributed by atoms with Crippen LogP contribution in [0.5, 0.6) is 0 Å². The van der Waals surface area contributed by atoms with Crippen molar-refractivity contribution in [2.24, 2.45) is 0 Å². The van der Waals surface area contributed by atoms with E-state index in [2.05, 4.69) is 50.5 Å². The average molecular weight is 312 g/mol. The van der Waals surface area contributed by atoms with Crippen molar-refractivity contribution in [1.82, 2.24) is 10.6 Å². The lowest BCUT2D eigenvalue weighted by Gasteiger charge is -2.35. The summed E-state index contributed by atoms with van der Waals surface area (Å²) in [5, 5.41) is 6.10. The zero-order valence-corrected chi connectivity index (χ0v) is 12.3. The number of anilines is 1. The van der Waals surface area contributed by atoms with E-state index in [-0.39, 0.29) is 11.9 Å². The quantitative estimate of drug-likeness (QED) is 0.884. The number of halogens is 1. The molecule has 2 rings (SSSR count). The molecule has 0 aliphatic carbocycles. The number of carbonyl (C=O) groups excluding carboxylic acids is 1. The Morgan fingerprint density at radius 2 is 2.33 bits per heavy atom. The fourth-order valence-corrected chi connectivity index (χ4v) is 2.82. The third-order valence-electron chi connectivity index (χ3n) is 3.09. The minimum absolute atomic E-state index is 0.0869. The summed E-state index contributed by atoms with van der Waals surface area (Å²) in [6, 6.07) is 6.32. The highest BCUT2D eigenvalue weighted by atomic mass is 79.9. The van der Waals surface area contributed by atoms with Crippen LogP contribution in [0.3, 0.4) is 0 Å². The van der Waals surface area contributed by atoms with Crippen molar-refractivity contribution in [2.75, 3.05) is 31.6 Å². The van der Waals surface area contributed by atoms with Gasteiger partial charge in [-0.1, -0.05) is 15.9 Å². The zero-order chi connectivity index (χ0) is 13.1. The van der Waals surface area contributed by atoms with Crippen LogP contribution in [0.15, 0.2) is 22.7 Å². The molecule has 0 saturated carbocycles. The average Bonchev–Trinajstić information content (AvgIpc) is 2.28. The summed E-state index contributed by atoms with van der Waals surface area (Å²) >= 11 is 3.46. The third-order valence-corrected chi connectivity index (χ3v) is 3.58. The summed E-state index contributed by atoms with van der Waals surface area (Å²) in [6.07, 6.45) is 0. The van der Waals surface area contributed by atoms with Crippen LogP contribution in [0.4, 0.5) is 5.69 Å². The van der Waals surface area contributed by atoms with E-state index in [9.17, 15) is 4.79 Å². The molecule has 1 aliphatic heterocycles. The van der Waals surface area contributed by atoms with Crippen molar-refractivity contribution in [3.8, 4) is 0 Å². The Hall–Kier alpha value is -1.07. The van der Waals surface area contributed by atoms with Crippen LogP contribution in [0.25, 0.3) is 0 Å². The SMILES string of the molecule is CNCC1CN(c2ccc(Br)cc2C)CC(=O)N1. The van der Waals surface area contributed by atoms with Crippen LogP contribution in [0.1, 0.15) is 5.56 Å². The predicted octanol–water partition coefficient (Wildman–Crippen LogP) is 1.28. The van der Waals surface area contributed by atoms with E-state index < -0.39 is 0 Å². The molecule has 1 aliphatic rings. The van der Waals surface area contributed by atoms with Gasteiger partial charge < -0.3 is 15.5 Å². The number of rotatable bonds is 3. The van der Waals surface area contributed by atoms with Crippen LogP contribution in [-0.4, -0.2) is 38.6 Å². The van der Waals surface area contributed by atoms with Gasteiger partial charge in [-0.25, -0.2) is 0 Å². The normalized spacial score (nSPS) is 19.8. The third kappa shape index (κ3) is 3.03. The van der Waals surface area contributed by atoms with Crippen molar-refractivity contribution in [1.29, 1.82) is 0 Å². The minimum Gasteiger partial charge on any atom is -0.360 e. The summed E-state index contributed by atoms with van der Waals surface area (Å²) in [5.74, 6) is 0.0869. The van der Waals surface area contributed by atoms with Gasteiger partial charge in [0, 0.05) is 23.2 Å². The smallest absolute Gasteiger partial charge is 0.239 e. The number of benzene rings is 1. The minimum atomic E-state index is 0.0869. The second-order valence-electron chi connectivity index (χ2n) is 4.63. The lowest BCUT2D eigenvalue weighted by atomic mass is 10.1. The summed E-state index contributed by atoms with van der Waals surface area (Å²) < 4.78 is 1.07. The molecule has 1 atom stereocenters. The van der Waals surface area contributed by atoms with Crippen LogP contribution < -0.4 is 15.5 Å². The fraction of sp³-hybridized carbons (Fsp3) is 0.462. The maximum atomic E-state index is 11.7. The Bertz CT molecular complexity index is 450. The van der Waals surface area contributed by atoms with Gasteiger partial charge in [-0.15, -0.1) is 0 Å². The Morgan fingerprint density at radius 1 is 1.56 bits per heavy atom. The highest BCUT2D eigenvalue weighted by Crippen LogP contribution is 2.24. The molecule has 1 amide bonds. The van der Waals surface area contributed by atoms with E-state index in [1.807, 2.05) is 13.1 Å². The monoisotopic (exact) mass is 311 g/mol. The van der Waals surface area contributed by atoms with E-state index in [4.69, 9.17) is 0 Å². The van der Waals surface area contributed by atoms with Gasteiger partial charge in [0.2, 0.25) is 5.91 Å². The van der Waals surface area contributed by atoms with Gasteiger partial charge in [0.1, 0.15) is 0 Å². The number of aryl methyl sites for hydroxylation is 1. The maximum absolute atomic E-state index is 11.7. The summed E-state index contributed by atoms with van der Waals surface area (Å²) in [5.41, 5.74) is 2.32. The van der Waals surface area contributed by atoms with Crippen molar-refractivity contribution >= 4 is 27.5 Å². The first-order valence-electron chi connectivity index (χ1n) is 6.05. The van der Waals surface area contributed by atoms with Crippen LogP contribution in [-0.2, 0) is 4.79 Å². The molecular formula is C13H18BrN3O. The number of nitrogens with one attached hydrogen (secondary N) is 2. The predicted molar refractivity (Wildman–Crippen MR) is 76.9 cm³/mol. The molecule has 0 spiro atoms. The molecule has 1 heterocycles. The van der Waals surface area contributed by atoms with Gasteiger partial charge in [-0.2, -0.15) is 0 Å². The first-order chi connectivity index (χ1) is 8.60. The van der Waals surface area contributed by atoms with E-state index in [1.165, 1.54) is 5.56 Å². The fourth-order valence-electron chi connectivity index (χ4n) is 2.34. The molecule has 1 fully saturated rings. The standard InChI is InChI=1S/C13H18BrN3O/c1-9-5-10(14)3-4-12(9)17-7-11(6-15-2)16-13(18)8-17/h3-5,11,15H,6-8H2,1-2H3,(H,16,18). The van der Waals surface area contributed by atoms with Crippen LogP contribution >= 0.6 is 15.9 Å². The molecule has 1 aromatic rings. The molecule has 98 valence electrons. The van der Waals surface area contributed by atoms with Crippen molar-refractivity contribution in [2.45, 2.75) is 13.0 Å². The number of piperazine rings is 1. The van der Waals surface area contributed by atoms with Crippen LogP contribution in [0.2, 0.25) is 0 Å². The van der Waals surface area contributed by atoms with Crippen molar-refractivity contribution in [3.05, 3.63) is 28.2 Å². The number of hydrogen-bond acceptors (Lipinski definition) is 3. The number of likely N-dealkylation sites (N-methyl/N-ethyl adjacent to an activating group) is 1. The zero-order valence-electron chi connectivity index (χ0n) is 10.7. The second kappa shape index (κ2) is 5.71. The van der Waals surface area contributed by atoms with Gasteiger partial charge in [0.15, 0.2) is 0 Å². The lowest BCUT2D eigenvalue weighted by molar-refractivity contribution is -0.121. The first-order valence-corrected chi connectivity index (χ1v) is 6.84. The number of hydrogen-bond donors (Lipinski definition) is 2.